The first-order chi connectivity index (χ1) is 24.8. The zero-order valence-corrected chi connectivity index (χ0v) is 27.0. The molecule has 1 spiro atoms. The Kier molecular flexibility index (Phi) is 6.36. The number of hydrogen-bond acceptors (Lipinski definition) is 4. The molecule has 0 N–H and O–H groups in total. The molecule has 4 nitrogen and oxygen atoms in total. The van der Waals surface area contributed by atoms with Crippen molar-refractivity contribution in [2.75, 3.05) is 0 Å². The van der Waals surface area contributed by atoms with Crippen LogP contribution in [-0.2, 0) is 5.41 Å². The molecule has 0 saturated carbocycles. The molecule has 6 aromatic carbocycles. The Hall–Kier alpha value is -6.65. The van der Waals surface area contributed by atoms with Crippen molar-refractivity contribution in [3.05, 3.63) is 198 Å². The summed E-state index contributed by atoms with van der Waals surface area (Å²) in [5.41, 5.74) is 13.5. The first-order valence-electron chi connectivity index (χ1n) is 16.8. The van der Waals surface area contributed by atoms with Gasteiger partial charge in [0.2, 0.25) is 0 Å². The maximum Gasteiger partial charge on any atom is 0.160 e. The van der Waals surface area contributed by atoms with Gasteiger partial charge in [0, 0.05) is 40.2 Å². The summed E-state index contributed by atoms with van der Waals surface area (Å²) < 4.78 is 6.82. The fourth-order valence-corrected chi connectivity index (χ4v) is 7.85. The molecule has 0 amide bonds. The van der Waals surface area contributed by atoms with E-state index in [9.17, 15) is 0 Å². The van der Waals surface area contributed by atoms with E-state index >= 15 is 0 Å². The molecular weight excluding hydrogens is 611 g/mol. The topological polar surface area (TPSA) is 47.9 Å². The minimum absolute atomic E-state index is 0.618. The molecule has 4 heteroatoms. The molecule has 50 heavy (non-hydrogen) atoms. The van der Waals surface area contributed by atoms with E-state index in [0.717, 1.165) is 61.8 Å². The molecule has 3 heterocycles. The predicted molar refractivity (Wildman–Crippen MR) is 199 cm³/mol. The molecule has 2 aliphatic rings. The van der Waals surface area contributed by atoms with Gasteiger partial charge in [-0.05, 0) is 81.9 Å². The highest BCUT2D eigenvalue weighted by Gasteiger charge is 2.51. The molecule has 0 fully saturated rings. The third-order valence-electron chi connectivity index (χ3n) is 10.1. The highest BCUT2D eigenvalue weighted by molar-refractivity contribution is 5.90. The van der Waals surface area contributed by atoms with Gasteiger partial charge in [0.05, 0.1) is 16.8 Å². The van der Waals surface area contributed by atoms with Crippen molar-refractivity contribution in [1.82, 2.24) is 15.0 Å². The zero-order chi connectivity index (χ0) is 33.1. The molecule has 0 unspecified atom stereocenters. The van der Waals surface area contributed by atoms with E-state index in [1.54, 1.807) is 0 Å². The lowest BCUT2D eigenvalue weighted by atomic mass is 9.65. The quantitative estimate of drug-likeness (QED) is 0.192. The third-order valence-corrected chi connectivity index (χ3v) is 10.1. The van der Waals surface area contributed by atoms with Crippen LogP contribution in [0.3, 0.4) is 0 Å². The SMILES string of the molecule is c1ccc(-c2cc(-c3ccc4c(c3)C3(c5cc(-c6ccncc6)ccc5O4)c4ccccc4-c4ccccc43)nc(-c3ccccc3)n2)cc1. The van der Waals surface area contributed by atoms with Crippen LogP contribution in [0.2, 0.25) is 0 Å². The van der Waals surface area contributed by atoms with Crippen LogP contribution in [0.5, 0.6) is 11.5 Å². The van der Waals surface area contributed by atoms with Gasteiger partial charge in [0.15, 0.2) is 5.82 Å². The molecule has 1 aliphatic carbocycles. The van der Waals surface area contributed by atoms with Crippen molar-refractivity contribution >= 4 is 0 Å². The summed E-state index contributed by atoms with van der Waals surface area (Å²) in [5, 5.41) is 0. The Morgan fingerprint density at radius 2 is 0.900 bits per heavy atom. The smallest absolute Gasteiger partial charge is 0.160 e. The fourth-order valence-electron chi connectivity index (χ4n) is 7.85. The third kappa shape index (κ3) is 4.28. The molecule has 1 aliphatic heterocycles. The number of nitrogens with zero attached hydrogens (tertiary/aromatic N) is 3. The van der Waals surface area contributed by atoms with Crippen LogP contribution in [0, 0.1) is 0 Å². The second-order valence-corrected chi connectivity index (χ2v) is 12.8. The Morgan fingerprint density at radius 3 is 1.54 bits per heavy atom. The highest BCUT2D eigenvalue weighted by atomic mass is 16.5. The minimum Gasteiger partial charge on any atom is -0.457 e. The first-order valence-corrected chi connectivity index (χ1v) is 16.8. The molecule has 0 atom stereocenters. The largest absolute Gasteiger partial charge is 0.457 e. The van der Waals surface area contributed by atoms with E-state index in [1.165, 1.54) is 22.3 Å². The van der Waals surface area contributed by atoms with Crippen LogP contribution in [0.25, 0.3) is 56.2 Å². The summed E-state index contributed by atoms with van der Waals surface area (Å²) in [5.74, 6) is 2.38. The van der Waals surface area contributed by atoms with Gasteiger partial charge in [0.1, 0.15) is 11.5 Å². The van der Waals surface area contributed by atoms with Gasteiger partial charge < -0.3 is 4.74 Å². The van der Waals surface area contributed by atoms with Crippen LogP contribution < -0.4 is 4.74 Å². The second-order valence-electron chi connectivity index (χ2n) is 12.8. The van der Waals surface area contributed by atoms with Gasteiger partial charge >= 0.3 is 0 Å². The molecule has 8 aromatic rings. The summed E-state index contributed by atoms with van der Waals surface area (Å²) in [6.07, 6.45) is 3.69. The van der Waals surface area contributed by atoms with Gasteiger partial charge in [-0.25, -0.2) is 9.97 Å². The summed E-state index contributed by atoms with van der Waals surface area (Å²) >= 11 is 0. The zero-order valence-electron chi connectivity index (χ0n) is 27.0. The van der Waals surface area contributed by atoms with Gasteiger partial charge in [-0.2, -0.15) is 0 Å². The molecule has 0 bridgehead atoms. The van der Waals surface area contributed by atoms with Crippen LogP contribution in [0.15, 0.2) is 176 Å². The summed E-state index contributed by atoms with van der Waals surface area (Å²) in [7, 11) is 0. The number of rotatable bonds is 4. The Balaban J connectivity index is 1.25. The molecular formula is C46H29N3O. The molecule has 0 saturated heterocycles. The van der Waals surface area contributed by atoms with Gasteiger partial charge in [-0.15, -0.1) is 0 Å². The average molecular weight is 640 g/mol. The molecule has 234 valence electrons. The van der Waals surface area contributed by atoms with E-state index in [4.69, 9.17) is 14.7 Å². The normalized spacial score (nSPS) is 13.1. The summed E-state index contributed by atoms with van der Waals surface area (Å²) in [6, 6.07) is 57.5. The maximum atomic E-state index is 6.82. The number of ether oxygens (including phenoxy) is 1. The summed E-state index contributed by atoms with van der Waals surface area (Å²) in [4.78, 5) is 14.5. The van der Waals surface area contributed by atoms with Crippen molar-refractivity contribution < 1.29 is 4.74 Å². The number of hydrogen-bond donors (Lipinski definition) is 0. The summed E-state index contributed by atoms with van der Waals surface area (Å²) in [6.45, 7) is 0. The van der Waals surface area contributed by atoms with E-state index in [1.807, 2.05) is 48.8 Å². The lowest BCUT2D eigenvalue weighted by Crippen LogP contribution is -2.32. The Bertz CT molecular complexity index is 2460. The molecule has 0 radical (unpaired) electrons. The number of fused-ring (bicyclic) bond motifs is 9. The lowest BCUT2D eigenvalue weighted by molar-refractivity contribution is 0.436. The monoisotopic (exact) mass is 639 g/mol. The van der Waals surface area contributed by atoms with Crippen molar-refractivity contribution in [3.8, 4) is 67.7 Å². The minimum atomic E-state index is -0.618. The Morgan fingerprint density at radius 1 is 0.380 bits per heavy atom. The van der Waals surface area contributed by atoms with Crippen LogP contribution in [0.1, 0.15) is 22.3 Å². The van der Waals surface area contributed by atoms with E-state index in [0.29, 0.717) is 5.82 Å². The molecule has 10 rings (SSSR count). The van der Waals surface area contributed by atoms with Gasteiger partial charge in [0.25, 0.3) is 0 Å². The first kappa shape index (κ1) is 28.4. The Labute approximate surface area is 290 Å². The van der Waals surface area contributed by atoms with Crippen molar-refractivity contribution in [2.24, 2.45) is 0 Å². The molecule has 2 aromatic heterocycles. The predicted octanol–water partition coefficient (Wildman–Crippen LogP) is 11.0. The number of aromatic nitrogens is 3. The van der Waals surface area contributed by atoms with Crippen LogP contribution in [0.4, 0.5) is 0 Å². The van der Waals surface area contributed by atoms with Crippen molar-refractivity contribution in [2.45, 2.75) is 5.41 Å². The van der Waals surface area contributed by atoms with Gasteiger partial charge in [-0.1, -0.05) is 115 Å². The highest BCUT2D eigenvalue weighted by Crippen LogP contribution is 2.62. The second kappa shape index (κ2) is 11.2. The van der Waals surface area contributed by atoms with E-state index in [-0.39, 0.29) is 0 Å². The van der Waals surface area contributed by atoms with Crippen LogP contribution >= 0.6 is 0 Å². The number of benzene rings is 6. The van der Waals surface area contributed by atoms with Crippen LogP contribution in [-0.4, -0.2) is 15.0 Å². The maximum absolute atomic E-state index is 6.82. The fraction of sp³-hybridized carbons (Fsp3) is 0.0217. The lowest BCUT2D eigenvalue weighted by Gasteiger charge is -2.40. The number of pyridine rings is 1. The van der Waals surface area contributed by atoms with Crippen molar-refractivity contribution in [3.63, 3.8) is 0 Å². The van der Waals surface area contributed by atoms with E-state index < -0.39 is 5.41 Å². The van der Waals surface area contributed by atoms with Crippen molar-refractivity contribution in [1.29, 1.82) is 0 Å². The average Bonchev–Trinajstić information content (AvgIpc) is 3.49. The van der Waals surface area contributed by atoms with Gasteiger partial charge in [-0.3, -0.25) is 4.98 Å². The standard InChI is InChI=1S/C46H29N3O/c1-3-11-31(12-4-1)41-29-42(49-45(48-41)32-13-5-2-6-14-32)34-20-22-44-40(28-34)46(37-17-9-7-15-35(37)36-16-8-10-18-38(36)46)39-27-33(19-21-43(39)50-44)30-23-25-47-26-24-30/h1-29H. The van der Waals surface area contributed by atoms with E-state index in [2.05, 4.69) is 132 Å².